The smallest absolute Gasteiger partial charge is 0.242 e. The monoisotopic (exact) mass is 468 g/mol. The first-order valence-corrected chi connectivity index (χ1v) is 11.7. The first-order valence-electron chi connectivity index (χ1n) is 9.59. The Morgan fingerprint density at radius 3 is 2.39 bits per heavy atom. The van der Waals surface area contributed by atoms with E-state index in [2.05, 4.69) is 10.6 Å². The van der Waals surface area contributed by atoms with E-state index in [9.17, 15) is 18.0 Å². The van der Waals surface area contributed by atoms with Gasteiger partial charge in [0.25, 0.3) is 0 Å². The molecule has 0 saturated heterocycles. The molecule has 0 radical (unpaired) electrons. The standard InChI is InChI=1S/C21H25ClN2O6S/c1-4-19(21(26)24-16-12-14(22)10-11-17(16)29-3)31(27,28)13-20(25)23-15-8-6-7-9-18(15)30-5-2/h6-12,19H,4-5,13H2,1-3H3,(H,23,25)(H,24,26). The van der Waals surface area contributed by atoms with E-state index in [0.717, 1.165) is 0 Å². The summed E-state index contributed by atoms with van der Waals surface area (Å²) >= 11 is 5.95. The summed E-state index contributed by atoms with van der Waals surface area (Å²) in [4.78, 5) is 25.1. The van der Waals surface area contributed by atoms with Gasteiger partial charge in [0, 0.05) is 5.02 Å². The molecule has 1 atom stereocenters. The van der Waals surface area contributed by atoms with Crippen LogP contribution in [0, 0.1) is 0 Å². The van der Waals surface area contributed by atoms with Crippen LogP contribution in [0.25, 0.3) is 0 Å². The number of rotatable bonds is 10. The maximum absolute atomic E-state index is 12.8. The summed E-state index contributed by atoms with van der Waals surface area (Å²) in [5.74, 6) is -1.64. The molecule has 0 aromatic heterocycles. The molecule has 0 bridgehead atoms. The zero-order valence-electron chi connectivity index (χ0n) is 17.5. The van der Waals surface area contributed by atoms with Crippen molar-refractivity contribution >= 4 is 44.6 Å². The summed E-state index contributed by atoms with van der Waals surface area (Å²) in [5.41, 5.74) is 0.592. The van der Waals surface area contributed by atoms with Crippen LogP contribution in [0.2, 0.25) is 5.02 Å². The predicted molar refractivity (Wildman–Crippen MR) is 121 cm³/mol. The van der Waals surface area contributed by atoms with Gasteiger partial charge in [0.05, 0.1) is 25.1 Å². The number of benzene rings is 2. The molecule has 0 aliphatic heterocycles. The number of halogens is 1. The first kappa shape index (κ1) is 24.5. The molecule has 0 aliphatic carbocycles. The van der Waals surface area contributed by atoms with Crippen molar-refractivity contribution in [3.63, 3.8) is 0 Å². The number of methoxy groups -OCH3 is 1. The van der Waals surface area contributed by atoms with Crippen molar-refractivity contribution in [3.05, 3.63) is 47.5 Å². The van der Waals surface area contributed by atoms with Gasteiger partial charge in [-0.15, -0.1) is 0 Å². The summed E-state index contributed by atoms with van der Waals surface area (Å²) < 4.78 is 36.2. The van der Waals surface area contributed by atoms with Gasteiger partial charge in [-0.05, 0) is 43.7 Å². The highest BCUT2D eigenvalue weighted by Gasteiger charge is 2.33. The van der Waals surface area contributed by atoms with Gasteiger partial charge in [-0.1, -0.05) is 30.7 Å². The number of nitrogens with one attached hydrogen (secondary N) is 2. The minimum absolute atomic E-state index is 0.0140. The predicted octanol–water partition coefficient (Wildman–Crippen LogP) is 3.52. The third kappa shape index (κ3) is 6.60. The number of anilines is 2. The molecule has 2 N–H and O–H groups in total. The fraction of sp³-hybridized carbons (Fsp3) is 0.333. The third-order valence-electron chi connectivity index (χ3n) is 4.31. The molecular formula is C21H25ClN2O6S. The molecule has 0 saturated carbocycles. The first-order chi connectivity index (χ1) is 14.7. The molecule has 168 valence electrons. The SMILES string of the molecule is CCOc1ccccc1NC(=O)CS(=O)(=O)C(CC)C(=O)Nc1cc(Cl)ccc1OC. The quantitative estimate of drug-likeness (QED) is 0.552. The second kappa shape index (κ2) is 11.0. The fourth-order valence-corrected chi connectivity index (χ4v) is 4.62. The van der Waals surface area contributed by atoms with Crippen LogP contribution in [0.5, 0.6) is 11.5 Å². The van der Waals surface area contributed by atoms with Crippen LogP contribution in [0.3, 0.4) is 0 Å². The Kier molecular flexibility index (Phi) is 8.70. The Balaban J connectivity index is 2.14. The molecular weight excluding hydrogens is 444 g/mol. The molecule has 10 heteroatoms. The summed E-state index contributed by atoms with van der Waals surface area (Å²) in [7, 11) is -2.69. The molecule has 0 fully saturated rings. The van der Waals surface area contributed by atoms with E-state index in [1.54, 1.807) is 50.2 Å². The van der Waals surface area contributed by atoms with Crippen LogP contribution in [0.15, 0.2) is 42.5 Å². The molecule has 2 amide bonds. The lowest BCUT2D eigenvalue weighted by Crippen LogP contribution is -2.39. The lowest BCUT2D eigenvalue weighted by molar-refractivity contribution is -0.115. The zero-order chi connectivity index (χ0) is 23.0. The van der Waals surface area contributed by atoms with Gasteiger partial charge in [0.15, 0.2) is 9.84 Å². The van der Waals surface area contributed by atoms with Crippen LogP contribution < -0.4 is 20.1 Å². The number of hydrogen-bond donors (Lipinski definition) is 2. The van der Waals surface area contributed by atoms with Gasteiger partial charge in [-0.25, -0.2) is 8.42 Å². The van der Waals surface area contributed by atoms with Crippen LogP contribution in [0.1, 0.15) is 20.3 Å². The topological polar surface area (TPSA) is 111 Å². The van der Waals surface area contributed by atoms with Crippen molar-refractivity contribution < 1.29 is 27.5 Å². The van der Waals surface area contributed by atoms with Crippen LogP contribution >= 0.6 is 11.6 Å². The second-order valence-electron chi connectivity index (χ2n) is 6.52. The van der Waals surface area contributed by atoms with Crippen LogP contribution in [0.4, 0.5) is 11.4 Å². The van der Waals surface area contributed by atoms with E-state index in [-0.39, 0.29) is 12.1 Å². The number of sulfone groups is 1. The van der Waals surface area contributed by atoms with Gasteiger partial charge in [-0.2, -0.15) is 0 Å². The Labute approximate surface area is 186 Å². The molecule has 0 heterocycles. The Morgan fingerprint density at radius 2 is 1.74 bits per heavy atom. The highest BCUT2D eigenvalue weighted by atomic mass is 35.5. The minimum Gasteiger partial charge on any atom is -0.495 e. The Bertz CT molecular complexity index is 1040. The minimum atomic E-state index is -4.10. The van der Waals surface area contributed by atoms with Crippen LogP contribution in [-0.2, 0) is 19.4 Å². The lowest BCUT2D eigenvalue weighted by atomic mass is 10.2. The third-order valence-corrected chi connectivity index (χ3v) is 6.62. The normalized spacial score (nSPS) is 12.0. The number of amides is 2. The highest BCUT2D eigenvalue weighted by Crippen LogP contribution is 2.28. The van der Waals surface area contributed by atoms with Crippen molar-refractivity contribution in [1.29, 1.82) is 0 Å². The summed E-state index contributed by atoms with van der Waals surface area (Å²) in [5, 5.41) is 3.98. The number of para-hydroxylation sites is 2. The number of carbonyl (C=O) groups is 2. The zero-order valence-corrected chi connectivity index (χ0v) is 19.0. The molecule has 2 rings (SSSR count). The van der Waals surface area contributed by atoms with E-state index < -0.39 is 32.7 Å². The molecule has 2 aromatic carbocycles. The molecule has 2 aromatic rings. The molecule has 1 unspecified atom stereocenters. The maximum Gasteiger partial charge on any atom is 0.242 e. The van der Waals surface area contributed by atoms with E-state index in [1.165, 1.54) is 13.2 Å². The van der Waals surface area contributed by atoms with Crippen LogP contribution in [-0.4, -0.2) is 45.0 Å². The molecule has 0 spiro atoms. The molecule has 8 nitrogen and oxygen atoms in total. The van der Waals surface area contributed by atoms with E-state index in [1.807, 2.05) is 0 Å². The Hall–Kier alpha value is -2.78. The van der Waals surface area contributed by atoms with Gasteiger partial charge >= 0.3 is 0 Å². The lowest BCUT2D eigenvalue weighted by Gasteiger charge is -2.17. The van der Waals surface area contributed by atoms with Gasteiger partial charge in [0.2, 0.25) is 11.8 Å². The van der Waals surface area contributed by atoms with Gasteiger partial charge in [-0.3, -0.25) is 9.59 Å². The van der Waals surface area contributed by atoms with Crippen molar-refractivity contribution in [2.75, 3.05) is 30.1 Å². The summed E-state index contributed by atoms with van der Waals surface area (Å²) in [6.07, 6.45) is -0.0140. The maximum atomic E-state index is 12.8. The number of hydrogen-bond acceptors (Lipinski definition) is 6. The van der Waals surface area contributed by atoms with Gasteiger partial charge in [0.1, 0.15) is 22.5 Å². The average Bonchev–Trinajstić information content (AvgIpc) is 2.69. The fourth-order valence-electron chi connectivity index (χ4n) is 2.91. The van der Waals surface area contributed by atoms with Gasteiger partial charge < -0.3 is 20.1 Å². The molecule has 0 aliphatic rings. The summed E-state index contributed by atoms with van der Waals surface area (Å²) in [6.45, 7) is 3.73. The highest BCUT2D eigenvalue weighted by molar-refractivity contribution is 7.93. The Morgan fingerprint density at radius 1 is 1.03 bits per heavy atom. The van der Waals surface area contributed by atoms with E-state index in [4.69, 9.17) is 21.1 Å². The second-order valence-corrected chi connectivity index (χ2v) is 9.14. The largest absolute Gasteiger partial charge is 0.495 e. The van der Waals surface area contributed by atoms with Crippen molar-refractivity contribution in [1.82, 2.24) is 0 Å². The summed E-state index contributed by atoms with van der Waals surface area (Å²) in [6, 6.07) is 11.3. The van der Waals surface area contributed by atoms with Crippen molar-refractivity contribution in [2.45, 2.75) is 25.5 Å². The average molecular weight is 469 g/mol. The number of carbonyl (C=O) groups excluding carboxylic acids is 2. The number of ether oxygens (including phenoxy) is 2. The van der Waals surface area contributed by atoms with Crippen molar-refractivity contribution in [2.24, 2.45) is 0 Å². The van der Waals surface area contributed by atoms with E-state index >= 15 is 0 Å². The van der Waals surface area contributed by atoms with Crippen molar-refractivity contribution in [3.8, 4) is 11.5 Å². The van der Waals surface area contributed by atoms with E-state index in [0.29, 0.717) is 28.8 Å². The molecule has 31 heavy (non-hydrogen) atoms.